The highest BCUT2D eigenvalue weighted by Gasteiger charge is 2.14. The molecule has 0 saturated carbocycles. The molecular weight excluding hydrogens is 352 g/mol. The lowest BCUT2D eigenvalue weighted by molar-refractivity contribution is 0.590. The van der Waals surface area contributed by atoms with Crippen LogP contribution in [0.2, 0.25) is 0 Å². The van der Waals surface area contributed by atoms with Gasteiger partial charge in [0.2, 0.25) is 4.77 Å². The Balaban J connectivity index is 1.90. The molecule has 27 heavy (non-hydrogen) atoms. The number of benzene rings is 2. The highest BCUT2D eigenvalue weighted by molar-refractivity contribution is 7.71. The third-order valence-electron chi connectivity index (χ3n) is 4.58. The molecule has 0 fully saturated rings. The second-order valence-electron chi connectivity index (χ2n) is 8.06. The van der Waals surface area contributed by atoms with Crippen molar-refractivity contribution in [1.29, 1.82) is 0 Å². The molecule has 1 heterocycles. The van der Waals surface area contributed by atoms with Crippen molar-refractivity contribution < 1.29 is 0 Å². The van der Waals surface area contributed by atoms with Crippen molar-refractivity contribution in [3.63, 3.8) is 0 Å². The van der Waals surface area contributed by atoms with Gasteiger partial charge < -0.3 is 0 Å². The van der Waals surface area contributed by atoms with Crippen LogP contribution in [0.1, 0.15) is 57.2 Å². The molecule has 0 saturated heterocycles. The van der Waals surface area contributed by atoms with Crippen LogP contribution in [0, 0.1) is 4.77 Å². The summed E-state index contributed by atoms with van der Waals surface area (Å²) in [6.45, 7) is 11.0. The quantitative estimate of drug-likeness (QED) is 0.453. The van der Waals surface area contributed by atoms with Crippen molar-refractivity contribution in [2.75, 3.05) is 0 Å². The minimum Gasteiger partial charge on any atom is -0.250 e. The van der Waals surface area contributed by atoms with Crippen LogP contribution >= 0.6 is 12.2 Å². The highest BCUT2D eigenvalue weighted by atomic mass is 32.1. The molecule has 0 aliphatic rings. The van der Waals surface area contributed by atoms with Gasteiger partial charge in [-0.25, -0.2) is 5.10 Å². The van der Waals surface area contributed by atoms with Crippen LogP contribution in [0.3, 0.4) is 0 Å². The Kier molecular flexibility index (Phi) is 5.42. The van der Waals surface area contributed by atoms with Crippen molar-refractivity contribution in [2.24, 2.45) is 5.10 Å². The fourth-order valence-corrected chi connectivity index (χ4v) is 2.98. The molecule has 0 amide bonds. The first-order valence-corrected chi connectivity index (χ1v) is 9.59. The summed E-state index contributed by atoms with van der Waals surface area (Å²) in [5.74, 6) is 1.22. The third-order valence-corrected chi connectivity index (χ3v) is 4.85. The van der Waals surface area contributed by atoms with Gasteiger partial charge in [-0.05, 0) is 40.2 Å². The Morgan fingerprint density at radius 3 is 2.22 bits per heavy atom. The van der Waals surface area contributed by atoms with E-state index in [2.05, 4.69) is 98.4 Å². The van der Waals surface area contributed by atoms with E-state index >= 15 is 0 Å². The van der Waals surface area contributed by atoms with E-state index in [4.69, 9.17) is 12.2 Å². The number of hydrogen-bond acceptors (Lipinski definition) is 3. The maximum atomic E-state index is 5.36. The SMILES string of the molecule is CC(C)c1ccc(/C=N/n2c(-c3ccc(C(C)(C)C)cc3)n[nH]c2=S)cc1. The van der Waals surface area contributed by atoms with Crippen LogP contribution in [0.15, 0.2) is 53.6 Å². The van der Waals surface area contributed by atoms with E-state index in [1.807, 2.05) is 6.21 Å². The zero-order valence-corrected chi connectivity index (χ0v) is 17.3. The summed E-state index contributed by atoms with van der Waals surface area (Å²) >= 11 is 5.36. The summed E-state index contributed by atoms with van der Waals surface area (Å²) < 4.78 is 2.14. The van der Waals surface area contributed by atoms with Crippen molar-refractivity contribution in [3.05, 3.63) is 70.0 Å². The Hall–Kier alpha value is -2.53. The minimum absolute atomic E-state index is 0.115. The normalized spacial score (nSPS) is 12.2. The monoisotopic (exact) mass is 378 g/mol. The molecule has 0 atom stereocenters. The zero-order chi connectivity index (χ0) is 19.6. The Labute approximate surface area is 166 Å². The molecule has 3 aromatic rings. The van der Waals surface area contributed by atoms with Gasteiger partial charge in [0.25, 0.3) is 0 Å². The zero-order valence-electron chi connectivity index (χ0n) is 16.5. The van der Waals surface area contributed by atoms with Crippen molar-refractivity contribution >= 4 is 18.4 Å². The van der Waals surface area contributed by atoms with Gasteiger partial charge in [0.15, 0.2) is 5.82 Å². The molecule has 2 aromatic carbocycles. The maximum Gasteiger partial charge on any atom is 0.216 e. The second kappa shape index (κ2) is 7.61. The van der Waals surface area contributed by atoms with Crippen LogP contribution < -0.4 is 0 Å². The molecule has 0 radical (unpaired) electrons. The molecular formula is C22H26N4S. The predicted octanol–water partition coefficient (Wildman–Crippen LogP) is 5.91. The summed E-state index contributed by atoms with van der Waals surface area (Å²) in [4.78, 5) is 0. The molecule has 0 spiro atoms. The molecule has 140 valence electrons. The van der Waals surface area contributed by atoms with Gasteiger partial charge in [0, 0.05) is 5.56 Å². The fraction of sp³-hybridized carbons (Fsp3) is 0.318. The molecule has 3 rings (SSSR count). The molecule has 0 unspecified atom stereocenters. The van der Waals surface area contributed by atoms with Crippen LogP contribution in [0.4, 0.5) is 0 Å². The van der Waals surface area contributed by atoms with E-state index in [0.717, 1.165) is 11.1 Å². The van der Waals surface area contributed by atoms with Gasteiger partial charge in [0.1, 0.15) is 0 Å². The Morgan fingerprint density at radius 1 is 1.04 bits per heavy atom. The molecule has 1 N–H and O–H groups in total. The van der Waals surface area contributed by atoms with Crippen molar-refractivity contribution in [3.8, 4) is 11.4 Å². The first-order valence-electron chi connectivity index (χ1n) is 9.18. The van der Waals surface area contributed by atoms with E-state index in [9.17, 15) is 0 Å². The summed E-state index contributed by atoms with van der Waals surface area (Å²) in [6.07, 6.45) is 1.81. The topological polar surface area (TPSA) is 46.0 Å². The number of aromatic amines is 1. The number of nitrogens with zero attached hydrogens (tertiary/aromatic N) is 3. The lowest BCUT2D eigenvalue weighted by Crippen LogP contribution is -2.10. The Bertz CT molecular complexity index is 985. The van der Waals surface area contributed by atoms with Gasteiger partial charge in [-0.1, -0.05) is 83.1 Å². The molecule has 0 aliphatic carbocycles. The summed E-state index contributed by atoms with van der Waals surface area (Å²) in [6, 6.07) is 16.8. The average molecular weight is 379 g/mol. The predicted molar refractivity (Wildman–Crippen MR) is 115 cm³/mol. The lowest BCUT2D eigenvalue weighted by Gasteiger charge is -2.18. The summed E-state index contributed by atoms with van der Waals surface area (Å²) in [5, 5.41) is 11.8. The van der Waals surface area contributed by atoms with E-state index in [1.165, 1.54) is 11.1 Å². The first kappa shape index (κ1) is 19.2. The van der Waals surface area contributed by atoms with E-state index in [0.29, 0.717) is 16.5 Å². The fourth-order valence-electron chi connectivity index (χ4n) is 2.80. The largest absolute Gasteiger partial charge is 0.250 e. The second-order valence-corrected chi connectivity index (χ2v) is 8.44. The molecule has 5 heteroatoms. The minimum atomic E-state index is 0.115. The highest BCUT2D eigenvalue weighted by Crippen LogP contribution is 2.25. The average Bonchev–Trinajstić information content (AvgIpc) is 3.00. The van der Waals surface area contributed by atoms with Gasteiger partial charge in [0.05, 0.1) is 6.21 Å². The number of rotatable bonds is 4. The number of H-pyrrole nitrogens is 1. The maximum absolute atomic E-state index is 5.36. The van der Waals surface area contributed by atoms with E-state index in [-0.39, 0.29) is 5.41 Å². The number of nitrogens with one attached hydrogen (secondary N) is 1. The number of aromatic nitrogens is 3. The van der Waals surface area contributed by atoms with Crippen molar-refractivity contribution in [2.45, 2.75) is 46.0 Å². The van der Waals surface area contributed by atoms with Crippen molar-refractivity contribution in [1.82, 2.24) is 14.9 Å². The van der Waals surface area contributed by atoms with Gasteiger partial charge in [-0.2, -0.15) is 14.9 Å². The van der Waals surface area contributed by atoms with Gasteiger partial charge in [-0.3, -0.25) is 0 Å². The first-order chi connectivity index (χ1) is 12.8. The number of hydrogen-bond donors (Lipinski definition) is 1. The van der Waals surface area contributed by atoms with E-state index in [1.54, 1.807) is 4.68 Å². The smallest absolute Gasteiger partial charge is 0.216 e. The third kappa shape index (κ3) is 4.42. The molecule has 1 aromatic heterocycles. The van der Waals surface area contributed by atoms with Crippen LogP contribution in [0.25, 0.3) is 11.4 Å². The van der Waals surface area contributed by atoms with Crippen LogP contribution in [-0.2, 0) is 5.41 Å². The standard InChI is InChI=1S/C22H26N4S/c1-15(2)17-8-6-16(7-9-17)14-23-26-20(24-25-21(26)27)18-10-12-19(13-11-18)22(3,4)5/h6-15H,1-5H3,(H,25,27)/b23-14+. The van der Waals surface area contributed by atoms with E-state index < -0.39 is 0 Å². The van der Waals surface area contributed by atoms with Gasteiger partial charge >= 0.3 is 0 Å². The van der Waals surface area contributed by atoms with Gasteiger partial charge in [-0.15, -0.1) is 0 Å². The van der Waals surface area contributed by atoms with Crippen LogP contribution in [-0.4, -0.2) is 21.1 Å². The summed E-state index contributed by atoms with van der Waals surface area (Å²) in [7, 11) is 0. The van der Waals surface area contributed by atoms with Crippen LogP contribution in [0.5, 0.6) is 0 Å². The lowest BCUT2D eigenvalue weighted by atomic mass is 9.87. The summed E-state index contributed by atoms with van der Waals surface area (Å²) in [5.41, 5.74) is 4.70. The molecule has 0 bridgehead atoms. The molecule has 4 nitrogen and oxygen atoms in total. The Morgan fingerprint density at radius 2 is 1.67 bits per heavy atom. The molecule has 0 aliphatic heterocycles.